The van der Waals surface area contributed by atoms with Gasteiger partial charge < -0.3 is 10.2 Å². The van der Waals surface area contributed by atoms with Gasteiger partial charge in [-0.05, 0) is 24.6 Å². The van der Waals surface area contributed by atoms with E-state index in [1.165, 1.54) is 17.8 Å². The zero-order valence-corrected chi connectivity index (χ0v) is 9.68. The number of aryl methyl sites for hydroxylation is 1. The lowest BCUT2D eigenvalue weighted by molar-refractivity contribution is 0.526. The largest absolute Gasteiger partial charge is 0.468 e. The highest BCUT2D eigenvalue weighted by Crippen LogP contribution is 2.34. The van der Waals surface area contributed by atoms with Crippen LogP contribution in [-0.2, 0) is 6.54 Å². The normalized spacial score (nSPS) is 10.7. The Morgan fingerprint density at radius 1 is 1.38 bits per heavy atom. The van der Waals surface area contributed by atoms with Crippen molar-refractivity contribution in [3.05, 3.63) is 47.7 Å². The molecule has 0 radical (unpaired) electrons. The summed E-state index contributed by atoms with van der Waals surface area (Å²) in [7, 11) is 0. The van der Waals surface area contributed by atoms with Crippen LogP contribution >= 0.6 is 11.8 Å². The highest BCUT2D eigenvalue weighted by atomic mass is 32.2. The first-order valence-corrected chi connectivity index (χ1v) is 5.73. The molecule has 84 valence electrons. The van der Waals surface area contributed by atoms with E-state index >= 15 is 0 Å². The zero-order valence-electron chi connectivity index (χ0n) is 8.87. The maximum atomic E-state index is 13.7. The molecule has 0 aliphatic rings. The number of benzene rings is 1. The van der Waals surface area contributed by atoms with Gasteiger partial charge in [-0.25, -0.2) is 4.39 Å². The van der Waals surface area contributed by atoms with E-state index in [-0.39, 0.29) is 5.82 Å². The lowest BCUT2D eigenvalue weighted by Gasteiger charge is -2.07. The highest BCUT2D eigenvalue weighted by molar-refractivity contribution is 7.99. The summed E-state index contributed by atoms with van der Waals surface area (Å²) >= 11 is 1.35. The molecular weight excluding hydrogens is 225 g/mol. The molecule has 0 saturated heterocycles. The van der Waals surface area contributed by atoms with E-state index in [4.69, 9.17) is 10.2 Å². The molecule has 2 aromatic rings. The number of hydrogen-bond donors (Lipinski definition) is 1. The third-order valence-electron chi connectivity index (χ3n) is 2.29. The van der Waals surface area contributed by atoms with Crippen molar-refractivity contribution >= 4 is 11.8 Å². The molecule has 2 nitrogen and oxygen atoms in total. The second-order valence-corrected chi connectivity index (χ2v) is 4.43. The first-order valence-electron chi connectivity index (χ1n) is 4.91. The Balaban J connectivity index is 2.37. The van der Waals surface area contributed by atoms with Gasteiger partial charge in [-0.2, -0.15) is 0 Å². The van der Waals surface area contributed by atoms with Crippen molar-refractivity contribution in [3.8, 4) is 0 Å². The van der Waals surface area contributed by atoms with Crippen molar-refractivity contribution in [1.82, 2.24) is 0 Å². The molecule has 0 aliphatic carbocycles. The van der Waals surface area contributed by atoms with Gasteiger partial charge in [0.25, 0.3) is 0 Å². The van der Waals surface area contributed by atoms with Crippen molar-refractivity contribution < 1.29 is 8.81 Å². The third kappa shape index (κ3) is 2.13. The molecule has 0 spiro atoms. The van der Waals surface area contributed by atoms with Gasteiger partial charge >= 0.3 is 0 Å². The maximum absolute atomic E-state index is 13.7. The molecule has 0 unspecified atom stereocenters. The van der Waals surface area contributed by atoms with E-state index in [1.807, 2.05) is 19.1 Å². The van der Waals surface area contributed by atoms with Gasteiger partial charge in [0.05, 0.1) is 16.1 Å². The first-order chi connectivity index (χ1) is 7.72. The number of rotatable bonds is 3. The molecule has 0 amide bonds. The Morgan fingerprint density at radius 3 is 2.81 bits per heavy atom. The number of halogens is 1. The van der Waals surface area contributed by atoms with Crippen LogP contribution in [0.2, 0.25) is 0 Å². The molecule has 16 heavy (non-hydrogen) atoms. The van der Waals surface area contributed by atoms with Gasteiger partial charge in [-0.15, -0.1) is 0 Å². The molecule has 1 heterocycles. The summed E-state index contributed by atoms with van der Waals surface area (Å²) in [5, 5.41) is 0. The van der Waals surface area contributed by atoms with Crippen LogP contribution in [0.15, 0.2) is 44.7 Å². The minimum Gasteiger partial charge on any atom is -0.468 e. The van der Waals surface area contributed by atoms with Crippen LogP contribution in [0.4, 0.5) is 4.39 Å². The minimum atomic E-state index is -0.242. The second kappa shape index (κ2) is 4.72. The second-order valence-electron chi connectivity index (χ2n) is 3.38. The molecule has 1 aromatic carbocycles. The number of nitrogens with two attached hydrogens (primary N) is 1. The monoisotopic (exact) mass is 237 g/mol. The van der Waals surface area contributed by atoms with E-state index in [1.54, 1.807) is 12.3 Å². The summed E-state index contributed by atoms with van der Waals surface area (Å²) < 4.78 is 18.8. The van der Waals surface area contributed by atoms with Crippen LogP contribution in [0.5, 0.6) is 0 Å². The average Bonchev–Trinajstić information content (AvgIpc) is 2.67. The molecule has 4 heteroatoms. The predicted molar refractivity (Wildman–Crippen MR) is 61.9 cm³/mol. The summed E-state index contributed by atoms with van der Waals surface area (Å²) in [6.45, 7) is 2.18. The van der Waals surface area contributed by atoms with Crippen LogP contribution in [-0.4, -0.2) is 0 Å². The lowest BCUT2D eigenvalue weighted by Crippen LogP contribution is -1.99. The van der Waals surface area contributed by atoms with Gasteiger partial charge in [0.1, 0.15) is 11.6 Å². The van der Waals surface area contributed by atoms with E-state index in [0.29, 0.717) is 11.4 Å². The highest BCUT2D eigenvalue weighted by Gasteiger charge is 2.11. The Bertz CT molecular complexity index is 496. The van der Waals surface area contributed by atoms with Crippen LogP contribution in [0.1, 0.15) is 11.3 Å². The Hall–Kier alpha value is -1.26. The van der Waals surface area contributed by atoms with Crippen molar-refractivity contribution in [2.45, 2.75) is 23.3 Å². The van der Waals surface area contributed by atoms with Crippen molar-refractivity contribution in [2.75, 3.05) is 0 Å². The van der Waals surface area contributed by atoms with Gasteiger partial charge in [0, 0.05) is 6.54 Å². The molecule has 0 bridgehead atoms. The Morgan fingerprint density at radius 2 is 2.19 bits per heavy atom. The zero-order chi connectivity index (χ0) is 11.5. The van der Waals surface area contributed by atoms with E-state index in [9.17, 15) is 4.39 Å². The fourth-order valence-corrected chi connectivity index (χ4v) is 2.40. The van der Waals surface area contributed by atoms with Crippen LogP contribution in [0.25, 0.3) is 0 Å². The first kappa shape index (κ1) is 11.2. The van der Waals surface area contributed by atoms with Crippen LogP contribution in [0.3, 0.4) is 0 Å². The van der Waals surface area contributed by atoms with Crippen LogP contribution in [0, 0.1) is 12.7 Å². The summed E-state index contributed by atoms with van der Waals surface area (Å²) in [6, 6.07) is 6.77. The quantitative estimate of drug-likeness (QED) is 0.889. The molecule has 2 N–H and O–H groups in total. The third-order valence-corrected chi connectivity index (χ3v) is 3.60. The predicted octanol–water partition coefficient (Wildman–Crippen LogP) is 3.34. The fourth-order valence-electron chi connectivity index (χ4n) is 1.42. The van der Waals surface area contributed by atoms with Gasteiger partial charge in [-0.3, -0.25) is 0 Å². The van der Waals surface area contributed by atoms with Gasteiger partial charge in [0.15, 0.2) is 0 Å². The van der Waals surface area contributed by atoms with E-state index in [2.05, 4.69) is 0 Å². The lowest BCUT2D eigenvalue weighted by atomic mass is 10.2. The minimum absolute atomic E-state index is 0.242. The van der Waals surface area contributed by atoms with E-state index < -0.39 is 0 Å². The standard InChI is InChI=1S/C12H12FNOS/c1-8-11(5-6-15-8)16-12-9(7-14)3-2-4-10(12)13/h2-6H,7,14H2,1H3. The SMILES string of the molecule is Cc1occc1Sc1c(F)cccc1CN. The molecule has 0 fully saturated rings. The summed E-state index contributed by atoms with van der Waals surface area (Å²) in [5.41, 5.74) is 6.39. The van der Waals surface area contributed by atoms with Crippen molar-refractivity contribution in [3.63, 3.8) is 0 Å². The number of furan rings is 1. The van der Waals surface area contributed by atoms with E-state index in [0.717, 1.165) is 16.2 Å². The Kier molecular flexibility index (Phi) is 3.31. The molecule has 2 rings (SSSR count). The summed E-state index contributed by atoms with van der Waals surface area (Å²) in [4.78, 5) is 1.49. The van der Waals surface area contributed by atoms with Crippen molar-refractivity contribution in [2.24, 2.45) is 5.73 Å². The van der Waals surface area contributed by atoms with Crippen LogP contribution < -0.4 is 5.73 Å². The summed E-state index contributed by atoms with van der Waals surface area (Å²) in [6.07, 6.45) is 1.60. The van der Waals surface area contributed by atoms with Gasteiger partial charge in [-0.1, -0.05) is 23.9 Å². The summed E-state index contributed by atoms with van der Waals surface area (Å²) in [5.74, 6) is 0.546. The molecule has 0 saturated carbocycles. The molecule has 0 atom stereocenters. The smallest absolute Gasteiger partial charge is 0.137 e. The molecule has 0 aliphatic heterocycles. The maximum Gasteiger partial charge on any atom is 0.137 e. The topological polar surface area (TPSA) is 39.2 Å². The average molecular weight is 237 g/mol. The number of hydrogen-bond acceptors (Lipinski definition) is 3. The molecule has 1 aromatic heterocycles. The van der Waals surface area contributed by atoms with Crippen molar-refractivity contribution in [1.29, 1.82) is 0 Å². The van der Waals surface area contributed by atoms with Gasteiger partial charge in [0.2, 0.25) is 0 Å². The molecular formula is C12H12FNOS. The fraction of sp³-hybridized carbons (Fsp3) is 0.167. The Labute approximate surface area is 97.6 Å².